The van der Waals surface area contributed by atoms with Crippen LogP contribution in [0.15, 0.2) is 70.7 Å². The Labute approximate surface area is 241 Å². The molecule has 4 aromatic heterocycles. The number of pyridine rings is 2. The smallest absolute Gasteiger partial charge is 0.268 e. The molecule has 0 bridgehead atoms. The highest BCUT2D eigenvalue weighted by molar-refractivity contribution is 7.98. The second-order valence-corrected chi connectivity index (χ2v) is 11.3. The van der Waals surface area contributed by atoms with Crippen molar-refractivity contribution < 1.29 is 14.3 Å². The SMILES string of the molecule is COc1ccc(-n2nc(C(C)(C)C)cc2CC(=O)Cc2ccc(Oc3ccnc4[nH]c(=O)cnc34)cc2SC)cn1. The maximum atomic E-state index is 13.4. The van der Waals surface area contributed by atoms with E-state index in [4.69, 9.17) is 14.6 Å². The third-order valence-electron chi connectivity index (χ3n) is 6.42. The van der Waals surface area contributed by atoms with Crippen molar-refractivity contribution in [2.75, 3.05) is 13.4 Å². The van der Waals surface area contributed by atoms with E-state index in [1.807, 2.05) is 36.6 Å². The van der Waals surface area contributed by atoms with Crippen LogP contribution in [0.3, 0.4) is 0 Å². The zero-order chi connectivity index (χ0) is 29.1. The molecule has 0 atom stereocenters. The lowest BCUT2D eigenvalue weighted by atomic mass is 9.92. The van der Waals surface area contributed by atoms with E-state index < -0.39 is 0 Å². The molecule has 0 radical (unpaired) electrons. The number of thioether (sulfide) groups is 1. The number of fused-ring (bicyclic) bond motifs is 1. The number of nitrogens with zero attached hydrogens (tertiary/aromatic N) is 5. The number of nitrogens with one attached hydrogen (secondary N) is 1. The normalized spacial score (nSPS) is 11.5. The number of hydrogen-bond donors (Lipinski definition) is 1. The molecule has 10 nitrogen and oxygen atoms in total. The maximum absolute atomic E-state index is 13.4. The van der Waals surface area contributed by atoms with Crippen LogP contribution in [0.2, 0.25) is 0 Å². The van der Waals surface area contributed by atoms with Gasteiger partial charge < -0.3 is 14.5 Å². The standard InChI is InChI=1S/C30H30N6O4S/c1-30(2,3)25-14-20(36(35-25)19-7-9-27(39-4)32-16-19)13-21(37)12-18-6-8-22(15-24(18)41-5)40-23-10-11-31-29-28(23)33-17-26(38)34-29/h6-11,14-17H,12-13H2,1-5H3,(H,31,34,38). The van der Waals surface area contributed by atoms with Gasteiger partial charge in [0.1, 0.15) is 17.0 Å². The molecule has 0 aliphatic rings. The van der Waals surface area contributed by atoms with Crippen LogP contribution >= 0.6 is 11.8 Å². The maximum Gasteiger partial charge on any atom is 0.268 e. The van der Waals surface area contributed by atoms with Crippen molar-refractivity contribution in [3.63, 3.8) is 0 Å². The predicted octanol–water partition coefficient (Wildman–Crippen LogP) is 5.07. The minimum absolute atomic E-state index is 0.0605. The van der Waals surface area contributed by atoms with E-state index in [-0.39, 0.29) is 29.6 Å². The fraction of sp³-hybridized carbons (Fsp3) is 0.267. The average molecular weight is 571 g/mol. The number of aromatic nitrogens is 6. The van der Waals surface area contributed by atoms with Crippen LogP contribution in [0.25, 0.3) is 16.9 Å². The first-order chi connectivity index (χ1) is 19.6. The van der Waals surface area contributed by atoms with E-state index >= 15 is 0 Å². The van der Waals surface area contributed by atoms with Crippen LogP contribution in [0.5, 0.6) is 17.4 Å². The van der Waals surface area contributed by atoms with E-state index in [1.54, 1.807) is 36.3 Å². The number of aromatic amines is 1. The number of rotatable bonds is 9. The van der Waals surface area contributed by atoms with Crippen molar-refractivity contribution in [3.8, 4) is 23.1 Å². The molecule has 4 heterocycles. The number of carbonyl (C=O) groups excluding carboxylic acids is 1. The fourth-order valence-corrected chi connectivity index (χ4v) is 4.94. The lowest BCUT2D eigenvalue weighted by molar-refractivity contribution is -0.117. The van der Waals surface area contributed by atoms with Crippen LogP contribution in [-0.4, -0.2) is 48.9 Å². The van der Waals surface area contributed by atoms with Crippen molar-refractivity contribution in [2.24, 2.45) is 0 Å². The predicted molar refractivity (Wildman–Crippen MR) is 157 cm³/mol. The highest BCUT2D eigenvalue weighted by Crippen LogP contribution is 2.32. The second kappa shape index (κ2) is 11.5. The summed E-state index contributed by atoms with van der Waals surface area (Å²) in [6.45, 7) is 6.28. The highest BCUT2D eigenvalue weighted by atomic mass is 32.2. The van der Waals surface area contributed by atoms with E-state index in [1.165, 1.54) is 18.0 Å². The molecule has 210 valence electrons. The molecular weight excluding hydrogens is 540 g/mol. The molecule has 0 fully saturated rings. The zero-order valence-corrected chi connectivity index (χ0v) is 24.3. The molecule has 1 aromatic carbocycles. The monoisotopic (exact) mass is 570 g/mol. The Balaban J connectivity index is 1.37. The molecule has 0 saturated carbocycles. The summed E-state index contributed by atoms with van der Waals surface area (Å²) in [5, 5.41) is 4.81. The van der Waals surface area contributed by atoms with Gasteiger partial charge in [-0.1, -0.05) is 26.8 Å². The van der Waals surface area contributed by atoms with Gasteiger partial charge in [-0.15, -0.1) is 11.8 Å². The summed E-state index contributed by atoms with van der Waals surface area (Å²) in [5.41, 5.74) is 3.64. The quantitative estimate of drug-likeness (QED) is 0.242. The van der Waals surface area contributed by atoms with Crippen LogP contribution in [0.4, 0.5) is 0 Å². The number of benzene rings is 1. The summed E-state index contributed by atoms with van der Waals surface area (Å²) in [7, 11) is 1.57. The Morgan fingerprint density at radius 3 is 2.56 bits per heavy atom. The summed E-state index contributed by atoms with van der Waals surface area (Å²) in [6, 6.07) is 13.0. The first-order valence-corrected chi connectivity index (χ1v) is 14.2. The molecule has 0 amide bonds. The Hall–Kier alpha value is -4.51. The van der Waals surface area contributed by atoms with Crippen molar-refractivity contribution in [3.05, 3.63) is 88.4 Å². The number of hydrogen-bond acceptors (Lipinski definition) is 9. The van der Waals surface area contributed by atoms with Crippen LogP contribution in [0, 0.1) is 0 Å². The average Bonchev–Trinajstić information content (AvgIpc) is 3.38. The zero-order valence-electron chi connectivity index (χ0n) is 23.5. The van der Waals surface area contributed by atoms with Crippen LogP contribution in [-0.2, 0) is 23.1 Å². The lowest BCUT2D eigenvalue weighted by Crippen LogP contribution is -2.13. The number of methoxy groups -OCH3 is 1. The number of Topliss-reactive ketones (excluding diaryl/α,β-unsaturated/α-hetero) is 1. The van der Waals surface area contributed by atoms with Gasteiger partial charge in [0.05, 0.1) is 36.6 Å². The minimum Gasteiger partial charge on any atom is -0.481 e. The summed E-state index contributed by atoms with van der Waals surface area (Å²) in [6.07, 6.45) is 6.87. The molecule has 0 unspecified atom stereocenters. The first-order valence-electron chi connectivity index (χ1n) is 12.9. The van der Waals surface area contributed by atoms with Crippen molar-refractivity contribution in [2.45, 2.75) is 43.9 Å². The largest absolute Gasteiger partial charge is 0.481 e. The Bertz CT molecular complexity index is 1770. The molecule has 1 N–H and O–H groups in total. The molecule has 5 aromatic rings. The van der Waals surface area contributed by atoms with Gasteiger partial charge in [0.25, 0.3) is 5.56 Å². The van der Waals surface area contributed by atoms with Gasteiger partial charge in [0.2, 0.25) is 5.88 Å². The summed E-state index contributed by atoms with van der Waals surface area (Å²) < 4.78 is 13.1. The fourth-order valence-electron chi connectivity index (χ4n) is 4.30. The number of H-pyrrole nitrogens is 1. The van der Waals surface area contributed by atoms with E-state index in [9.17, 15) is 9.59 Å². The van der Waals surface area contributed by atoms with Gasteiger partial charge in [-0.25, -0.2) is 19.6 Å². The Morgan fingerprint density at radius 1 is 1.02 bits per heavy atom. The summed E-state index contributed by atoms with van der Waals surface area (Å²) >= 11 is 1.54. The third kappa shape index (κ3) is 6.30. The lowest BCUT2D eigenvalue weighted by Gasteiger charge is -2.14. The van der Waals surface area contributed by atoms with Gasteiger partial charge in [0, 0.05) is 41.5 Å². The molecule has 0 saturated heterocycles. The molecule has 0 aliphatic heterocycles. The van der Waals surface area contributed by atoms with Gasteiger partial charge in [-0.3, -0.25) is 9.59 Å². The van der Waals surface area contributed by atoms with Crippen molar-refractivity contribution in [1.82, 2.24) is 29.7 Å². The van der Waals surface area contributed by atoms with Gasteiger partial charge in [-0.05, 0) is 36.1 Å². The molecular formula is C30H30N6O4S. The van der Waals surface area contributed by atoms with Gasteiger partial charge >= 0.3 is 0 Å². The van der Waals surface area contributed by atoms with Gasteiger partial charge in [0.15, 0.2) is 11.4 Å². The second-order valence-electron chi connectivity index (χ2n) is 10.5. The number of carbonyl (C=O) groups is 1. The Kier molecular flexibility index (Phi) is 7.89. The molecule has 0 aliphatic carbocycles. The Morgan fingerprint density at radius 2 is 1.85 bits per heavy atom. The summed E-state index contributed by atoms with van der Waals surface area (Å²) in [4.78, 5) is 41.2. The highest BCUT2D eigenvalue weighted by Gasteiger charge is 2.22. The third-order valence-corrected chi connectivity index (χ3v) is 7.24. The van der Waals surface area contributed by atoms with E-state index in [2.05, 4.69) is 40.7 Å². The van der Waals surface area contributed by atoms with Crippen LogP contribution in [0.1, 0.15) is 37.7 Å². The molecule has 0 spiro atoms. The summed E-state index contributed by atoms with van der Waals surface area (Å²) in [5.74, 6) is 1.63. The molecule has 5 rings (SSSR count). The van der Waals surface area contributed by atoms with Crippen molar-refractivity contribution in [1.29, 1.82) is 0 Å². The van der Waals surface area contributed by atoms with Crippen LogP contribution < -0.4 is 15.0 Å². The van der Waals surface area contributed by atoms with E-state index in [0.717, 1.165) is 27.5 Å². The molecule has 41 heavy (non-hydrogen) atoms. The first kappa shape index (κ1) is 28.0. The van der Waals surface area contributed by atoms with Gasteiger partial charge in [-0.2, -0.15) is 5.10 Å². The topological polar surface area (TPSA) is 125 Å². The number of ketones is 1. The minimum atomic E-state index is -0.334. The molecule has 11 heteroatoms. The van der Waals surface area contributed by atoms with E-state index in [0.29, 0.717) is 28.5 Å². The number of ether oxygens (including phenoxy) is 2. The van der Waals surface area contributed by atoms with Crippen molar-refractivity contribution >= 4 is 28.7 Å².